The Kier molecular flexibility index (Phi) is 12.2. The minimum Gasteiger partial charge on any atom is -0.481 e. The lowest BCUT2D eigenvalue weighted by Crippen LogP contribution is -2.58. The Morgan fingerprint density at radius 2 is 1.44 bits per heavy atom. The zero-order valence-corrected chi connectivity index (χ0v) is 27.2. The molecule has 0 aromatic heterocycles. The van der Waals surface area contributed by atoms with Gasteiger partial charge in [-0.05, 0) is 45.5 Å². The fourth-order valence-electron chi connectivity index (χ4n) is 5.86. The second-order valence-electron chi connectivity index (χ2n) is 12.1. The highest BCUT2D eigenvalue weighted by molar-refractivity contribution is 5.96. The van der Waals surface area contributed by atoms with Crippen molar-refractivity contribution in [2.24, 2.45) is 11.5 Å². The quantitative estimate of drug-likeness (QED) is 0.123. The van der Waals surface area contributed by atoms with E-state index in [1.165, 1.54) is 11.9 Å². The highest BCUT2D eigenvalue weighted by atomic mass is 16.4. The molecule has 0 aliphatic rings. The van der Waals surface area contributed by atoms with Gasteiger partial charge in [-0.2, -0.15) is 0 Å². The van der Waals surface area contributed by atoms with Crippen LogP contribution in [0.4, 0.5) is 0 Å². The van der Waals surface area contributed by atoms with Crippen LogP contribution in [0.5, 0.6) is 0 Å². The topological polar surface area (TPSA) is 185 Å². The van der Waals surface area contributed by atoms with Crippen LogP contribution in [-0.2, 0) is 36.8 Å². The third-order valence-corrected chi connectivity index (χ3v) is 8.51. The highest BCUT2D eigenvalue weighted by Gasteiger charge is 2.34. The number of benzene rings is 4. The number of amides is 4. The van der Waals surface area contributed by atoms with Crippen LogP contribution in [-0.4, -0.2) is 70.8 Å². The summed E-state index contributed by atoms with van der Waals surface area (Å²) in [6.07, 6.45) is 1.12. The number of nitrogens with zero attached hydrogens (tertiary/aromatic N) is 1. The predicted octanol–water partition coefficient (Wildman–Crippen LogP) is 3.05. The van der Waals surface area contributed by atoms with Gasteiger partial charge in [-0.3, -0.25) is 24.0 Å². The van der Waals surface area contributed by atoms with E-state index in [2.05, 4.69) is 10.6 Å². The molecule has 4 rings (SSSR count). The number of nitrogens with one attached hydrogen (secondary N) is 2. The van der Waals surface area contributed by atoms with Crippen molar-refractivity contribution in [3.63, 3.8) is 0 Å². The van der Waals surface area contributed by atoms with E-state index >= 15 is 0 Å². The van der Waals surface area contributed by atoms with Gasteiger partial charge >= 0.3 is 5.97 Å². The maximum absolute atomic E-state index is 13.7. The average molecular weight is 654 g/mol. The number of carbonyl (C=O) groups is 5. The molecular weight excluding hydrogens is 610 g/mol. The molecule has 4 aromatic carbocycles. The Bertz CT molecular complexity index is 1790. The molecule has 4 atom stereocenters. The maximum Gasteiger partial charge on any atom is 0.305 e. The van der Waals surface area contributed by atoms with Gasteiger partial charge in [0, 0.05) is 13.5 Å². The van der Waals surface area contributed by atoms with Crippen LogP contribution >= 0.6 is 0 Å². The van der Waals surface area contributed by atoms with E-state index in [1.54, 1.807) is 0 Å². The number of rotatable bonds is 16. The van der Waals surface area contributed by atoms with Crippen LogP contribution in [0.1, 0.15) is 43.7 Å². The summed E-state index contributed by atoms with van der Waals surface area (Å²) in [5, 5.41) is 18.5. The first-order valence-corrected chi connectivity index (χ1v) is 16.1. The molecule has 0 unspecified atom stereocenters. The van der Waals surface area contributed by atoms with Gasteiger partial charge < -0.3 is 32.1 Å². The van der Waals surface area contributed by atoms with Crippen LogP contribution in [0.15, 0.2) is 84.9 Å². The van der Waals surface area contributed by atoms with Crippen molar-refractivity contribution < 1.29 is 29.1 Å². The van der Waals surface area contributed by atoms with Crippen molar-refractivity contribution >= 4 is 51.1 Å². The summed E-state index contributed by atoms with van der Waals surface area (Å²) in [5.41, 5.74) is 13.6. The van der Waals surface area contributed by atoms with E-state index in [4.69, 9.17) is 11.5 Å². The van der Waals surface area contributed by atoms with Crippen molar-refractivity contribution in [1.29, 1.82) is 0 Å². The lowest BCUT2D eigenvalue weighted by atomic mass is 9.98. The van der Waals surface area contributed by atoms with Gasteiger partial charge in [0.1, 0.15) is 18.1 Å². The van der Waals surface area contributed by atoms with Crippen molar-refractivity contribution in [3.05, 3.63) is 96.1 Å². The summed E-state index contributed by atoms with van der Waals surface area (Å²) in [4.78, 5) is 66.1. The summed E-state index contributed by atoms with van der Waals surface area (Å²) in [6.45, 7) is 1.93. The molecule has 0 spiro atoms. The fraction of sp³-hybridized carbons (Fsp3) is 0.324. The molecular formula is C37H43N5O6. The molecule has 0 aliphatic carbocycles. The first-order valence-electron chi connectivity index (χ1n) is 16.1. The fourth-order valence-corrected chi connectivity index (χ4v) is 5.86. The number of nitrogens with two attached hydrogens (primary N) is 2. The summed E-state index contributed by atoms with van der Waals surface area (Å²) < 4.78 is 0. The minimum atomic E-state index is -1.54. The molecule has 0 bridgehead atoms. The Balaban J connectivity index is 1.48. The summed E-state index contributed by atoms with van der Waals surface area (Å²) in [7, 11) is 1.47. The van der Waals surface area contributed by atoms with Crippen LogP contribution < -0.4 is 22.1 Å². The lowest BCUT2D eigenvalue weighted by molar-refractivity contribution is -0.143. The summed E-state index contributed by atoms with van der Waals surface area (Å²) in [6, 6.07) is 22.1. The molecule has 0 radical (unpaired) electrons. The Labute approximate surface area is 279 Å². The first kappa shape index (κ1) is 35.6. The minimum absolute atomic E-state index is 0.0572. The molecule has 11 heteroatoms. The molecule has 0 saturated carbocycles. The monoisotopic (exact) mass is 653 g/mol. The Morgan fingerprint density at radius 3 is 2.12 bits per heavy atom. The average Bonchev–Trinajstić information content (AvgIpc) is 3.07. The van der Waals surface area contributed by atoms with Crippen LogP contribution in [0.3, 0.4) is 0 Å². The zero-order chi connectivity index (χ0) is 34.8. The number of carbonyl (C=O) groups excluding carboxylic acids is 4. The second kappa shape index (κ2) is 16.5. The molecule has 4 amide bonds. The van der Waals surface area contributed by atoms with Gasteiger partial charge in [0.25, 0.3) is 0 Å². The number of aliphatic carboxylic acids is 1. The highest BCUT2D eigenvalue weighted by Crippen LogP contribution is 2.21. The van der Waals surface area contributed by atoms with E-state index in [9.17, 15) is 29.1 Å². The van der Waals surface area contributed by atoms with Crippen molar-refractivity contribution in [3.8, 4) is 0 Å². The van der Waals surface area contributed by atoms with Crippen LogP contribution in [0, 0.1) is 0 Å². The number of fused-ring (bicyclic) bond motifs is 2. The molecule has 4 aromatic rings. The number of hydrogen-bond donors (Lipinski definition) is 5. The maximum atomic E-state index is 13.7. The van der Waals surface area contributed by atoms with E-state index in [0.29, 0.717) is 6.42 Å². The van der Waals surface area contributed by atoms with E-state index in [0.717, 1.165) is 39.1 Å². The normalized spacial score (nSPS) is 13.6. The smallest absolute Gasteiger partial charge is 0.305 e. The first-order chi connectivity index (χ1) is 23.0. The number of carboxylic acids is 1. The number of unbranched alkanes of at least 4 members (excludes halogenated alkanes) is 1. The predicted molar refractivity (Wildman–Crippen MR) is 185 cm³/mol. The van der Waals surface area contributed by atoms with Gasteiger partial charge in [0.15, 0.2) is 0 Å². The standard InChI is InChI=1S/C37H43N5O6/c1-3-4-16-32(42(2)37(48)29(38)20-23-17-18-24-10-5-6-12-26(24)19-23)36(47)41-31(22-33(43)44)35(46)40-30(34(39)45)21-27-14-9-13-25-11-7-8-15-28(25)27/h5-15,17-19,29-32H,3-4,16,20-22,38H2,1-2H3,(H2,39,45)(H,40,46)(H,41,47)(H,43,44)/t29-,30-,31-,32-/m0/s1. The van der Waals surface area contributed by atoms with E-state index in [-0.39, 0.29) is 19.3 Å². The molecule has 0 aliphatic heterocycles. The molecule has 252 valence electrons. The van der Waals surface area contributed by atoms with Gasteiger partial charge in [-0.1, -0.05) is 105 Å². The number of likely N-dealkylation sites (N-methyl/N-ethyl adjacent to an activating group) is 1. The van der Waals surface area contributed by atoms with Crippen molar-refractivity contribution in [1.82, 2.24) is 15.5 Å². The number of primary amides is 1. The molecule has 7 N–H and O–H groups in total. The second-order valence-corrected chi connectivity index (χ2v) is 12.1. The van der Waals surface area contributed by atoms with E-state index in [1.807, 2.05) is 91.9 Å². The lowest BCUT2D eigenvalue weighted by Gasteiger charge is -2.31. The SMILES string of the molecule is CCCC[C@@H](C(=O)N[C@@H](CC(=O)O)C(=O)N[C@@H](Cc1cccc2ccccc12)C(N)=O)N(C)C(=O)[C@@H](N)Cc1ccc2ccccc2c1. The summed E-state index contributed by atoms with van der Waals surface area (Å²) >= 11 is 0. The molecule has 0 fully saturated rings. The van der Waals surface area contributed by atoms with Crippen molar-refractivity contribution in [2.75, 3.05) is 7.05 Å². The van der Waals surface area contributed by atoms with Gasteiger partial charge in [-0.15, -0.1) is 0 Å². The number of hydrogen-bond acceptors (Lipinski definition) is 6. The third kappa shape index (κ3) is 9.16. The molecule has 11 nitrogen and oxygen atoms in total. The zero-order valence-electron chi connectivity index (χ0n) is 27.2. The van der Waals surface area contributed by atoms with Gasteiger partial charge in [0.05, 0.1) is 12.5 Å². The molecule has 48 heavy (non-hydrogen) atoms. The molecule has 0 heterocycles. The summed E-state index contributed by atoms with van der Waals surface area (Å²) in [5.74, 6) is -4.22. The van der Waals surface area contributed by atoms with Gasteiger partial charge in [-0.25, -0.2) is 0 Å². The van der Waals surface area contributed by atoms with Gasteiger partial charge in [0.2, 0.25) is 23.6 Å². The Morgan fingerprint density at radius 1 is 0.792 bits per heavy atom. The number of carboxylic acid groups (broad SMARTS) is 1. The third-order valence-electron chi connectivity index (χ3n) is 8.51. The largest absolute Gasteiger partial charge is 0.481 e. The van der Waals surface area contributed by atoms with Crippen LogP contribution in [0.25, 0.3) is 21.5 Å². The van der Waals surface area contributed by atoms with Crippen LogP contribution in [0.2, 0.25) is 0 Å². The van der Waals surface area contributed by atoms with E-state index < -0.39 is 60.2 Å². The van der Waals surface area contributed by atoms with Crippen molar-refractivity contribution in [2.45, 2.75) is 69.6 Å². The molecule has 0 saturated heterocycles. The Hall–Kier alpha value is -5.29.